The zero-order valence-electron chi connectivity index (χ0n) is 24.1. The summed E-state index contributed by atoms with van der Waals surface area (Å²) in [6.45, 7) is 4.44. The molecule has 214 valence electrons. The average molecular weight is 563 g/mol. The van der Waals surface area contributed by atoms with Gasteiger partial charge in [0.15, 0.2) is 0 Å². The minimum atomic E-state index is -0.558. The minimum Gasteiger partial charge on any atom is -0.423 e. The number of carbonyl (C=O) groups excluding carboxylic acids is 2. The van der Waals surface area contributed by atoms with Crippen LogP contribution in [0.2, 0.25) is 5.02 Å². The van der Waals surface area contributed by atoms with Crippen molar-refractivity contribution in [2.45, 2.75) is 97.3 Å². The minimum absolute atomic E-state index is 0.161. The Morgan fingerprint density at radius 3 is 1.60 bits per heavy atom. The Morgan fingerprint density at radius 1 is 0.575 bits per heavy atom. The van der Waals surface area contributed by atoms with E-state index in [0.717, 1.165) is 19.3 Å². The van der Waals surface area contributed by atoms with Gasteiger partial charge in [0.1, 0.15) is 11.5 Å². The maximum absolute atomic E-state index is 12.7. The number of carbonyl (C=O) groups is 2. The van der Waals surface area contributed by atoms with Gasteiger partial charge in [0.05, 0.1) is 16.1 Å². The molecule has 5 heteroatoms. The number of hydrogen-bond acceptors (Lipinski definition) is 4. The number of hydrogen-bond donors (Lipinski definition) is 0. The second kappa shape index (κ2) is 17.6. The highest BCUT2D eigenvalue weighted by molar-refractivity contribution is 6.33. The van der Waals surface area contributed by atoms with Gasteiger partial charge in [0.2, 0.25) is 0 Å². The Kier molecular flexibility index (Phi) is 13.8. The van der Waals surface area contributed by atoms with Crippen molar-refractivity contribution in [2.75, 3.05) is 0 Å². The monoisotopic (exact) mass is 562 g/mol. The van der Waals surface area contributed by atoms with Crippen molar-refractivity contribution in [1.82, 2.24) is 0 Å². The van der Waals surface area contributed by atoms with Gasteiger partial charge in [-0.25, -0.2) is 9.59 Å². The number of esters is 2. The number of aryl methyl sites for hydroxylation is 2. The number of halogens is 1. The quantitative estimate of drug-likeness (QED) is 0.0932. The van der Waals surface area contributed by atoms with Gasteiger partial charge in [-0.15, -0.1) is 0 Å². The first-order valence-corrected chi connectivity index (χ1v) is 15.3. The Morgan fingerprint density at radius 2 is 1.05 bits per heavy atom. The van der Waals surface area contributed by atoms with E-state index in [1.807, 2.05) is 36.4 Å². The van der Waals surface area contributed by atoms with Crippen molar-refractivity contribution in [1.29, 1.82) is 0 Å². The van der Waals surface area contributed by atoms with Gasteiger partial charge in [-0.2, -0.15) is 0 Å². The zero-order valence-corrected chi connectivity index (χ0v) is 24.8. The normalized spacial score (nSPS) is 10.9. The molecular formula is C35H43ClO4. The number of benzene rings is 3. The van der Waals surface area contributed by atoms with E-state index in [1.165, 1.54) is 87.5 Å². The molecule has 0 spiro atoms. The Balaban J connectivity index is 1.47. The molecule has 0 atom stereocenters. The SMILES string of the molecule is CCCCCCCCc1ccc(OC(=O)c2ccc(OC(=O)c3ccc(CCCCCCC)cc3)cc2Cl)cc1. The molecule has 0 saturated carbocycles. The van der Waals surface area contributed by atoms with Crippen molar-refractivity contribution < 1.29 is 19.1 Å². The lowest BCUT2D eigenvalue weighted by Gasteiger charge is -2.09. The molecule has 0 N–H and O–H groups in total. The van der Waals surface area contributed by atoms with E-state index in [4.69, 9.17) is 21.1 Å². The first-order chi connectivity index (χ1) is 19.5. The van der Waals surface area contributed by atoms with Crippen LogP contribution in [0, 0.1) is 0 Å². The van der Waals surface area contributed by atoms with Gasteiger partial charge < -0.3 is 9.47 Å². The summed E-state index contributed by atoms with van der Waals surface area (Å²) in [5.41, 5.74) is 3.12. The molecule has 0 heterocycles. The molecular weight excluding hydrogens is 520 g/mol. The van der Waals surface area contributed by atoms with Crippen LogP contribution in [0.3, 0.4) is 0 Å². The van der Waals surface area contributed by atoms with E-state index >= 15 is 0 Å². The van der Waals surface area contributed by atoms with Gasteiger partial charge in [-0.05, 0) is 73.2 Å². The Bertz CT molecular complexity index is 1190. The Labute approximate surface area is 245 Å². The summed E-state index contributed by atoms with van der Waals surface area (Å²) >= 11 is 6.36. The summed E-state index contributed by atoms with van der Waals surface area (Å²) in [4.78, 5) is 25.3. The van der Waals surface area contributed by atoms with E-state index in [-0.39, 0.29) is 16.3 Å². The second-order valence-electron chi connectivity index (χ2n) is 10.4. The summed E-state index contributed by atoms with van der Waals surface area (Å²) in [5, 5.41) is 0.161. The predicted molar refractivity (Wildman–Crippen MR) is 164 cm³/mol. The summed E-state index contributed by atoms with van der Waals surface area (Å²) in [6.07, 6.45) is 15.8. The van der Waals surface area contributed by atoms with Crippen molar-refractivity contribution in [3.63, 3.8) is 0 Å². The number of unbranched alkanes of at least 4 members (excludes halogenated alkanes) is 9. The van der Waals surface area contributed by atoms with Crippen LogP contribution >= 0.6 is 11.6 Å². The third-order valence-corrected chi connectivity index (χ3v) is 7.40. The first-order valence-electron chi connectivity index (χ1n) is 14.9. The van der Waals surface area contributed by atoms with Gasteiger partial charge in [0, 0.05) is 6.07 Å². The lowest BCUT2D eigenvalue weighted by molar-refractivity contribution is 0.0730. The highest BCUT2D eigenvalue weighted by Crippen LogP contribution is 2.25. The average Bonchev–Trinajstić information content (AvgIpc) is 2.96. The molecule has 3 aromatic rings. The molecule has 0 amide bonds. The van der Waals surface area contributed by atoms with E-state index in [0.29, 0.717) is 11.3 Å². The fourth-order valence-electron chi connectivity index (χ4n) is 4.63. The molecule has 3 aromatic carbocycles. The van der Waals surface area contributed by atoms with Crippen molar-refractivity contribution in [2.24, 2.45) is 0 Å². The van der Waals surface area contributed by atoms with E-state index in [2.05, 4.69) is 13.8 Å². The van der Waals surface area contributed by atoms with Crippen LogP contribution in [0.4, 0.5) is 0 Å². The molecule has 0 radical (unpaired) electrons. The van der Waals surface area contributed by atoms with Crippen LogP contribution < -0.4 is 9.47 Å². The molecule has 0 fully saturated rings. The van der Waals surface area contributed by atoms with Gasteiger partial charge in [-0.1, -0.05) is 108 Å². The van der Waals surface area contributed by atoms with Crippen LogP contribution in [0.5, 0.6) is 11.5 Å². The molecule has 0 bridgehead atoms. The molecule has 4 nitrogen and oxygen atoms in total. The Hall–Kier alpha value is -3.11. The van der Waals surface area contributed by atoms with Crippen LogP contribution in [0.15, 0.2) is 66.7 Å². The maximum Gasteiger partial charge on any atom is 0.345 e. The van der Waals surface area contributed by atoms with Gasteiger partial charge >= 0.3 is 11.9 Å². The molecule has 40 heavy (non-hydrogen) atoms. The van der Waals surface area contributed by atoms with E-state index < -0.39 is 11.9 Å². The third-order valence-electron chi connectivity index (χ3n) is 7.08. The predicted octanol–water partition coefficient (Wildman–Crippen LogP) is 10.2. The van der Waals surface area contributed by atoms with Crippen LogP contribution in [-0.2, 0) is 12.8 Å². The fraction of sp³-hybridized carbons (Fsp3) is 0.429. The summed E-state index contributed by atoms with van der Waals surface area (Å²) < 4.78 is 11.0. The lowest BCUT2D eigenvalue weighted by Crippen LogP contribution is -2.11. The molecule has 0 aliphatic heterocycles. The molecule has 0 aliphatic rings. The van der Waals surface area contributed by atoms with Crippen molar-refractivity contribution in [3.8, 4) is 11.5 Å². The largest absolute Gasteiger partial charge is 0.423 e. The fourth-order valence-corrected chi connectivity index (χ4v) is 4.87. The first kappa shape index (κ1) is 31.4. The van der Waals surface area contributed by atoms with Crippen LogP contribution in [0.25, 0.3) is 0 Å². The van der Waals surface area contributed by atoms with E-state index in [1.54, 1.807) is 18.2 Å². The van der Waals surface area contributed by atoms with Crippen LogP contribution in [-0.4, -0.2) is 11.9 Å². The van der Waals surface area contributed by atoms with Gasteiger partial charge in [0.25, 0.3) is 0 Å². The lowest BCUT2D eigenvalue weighted by atomic mass is 10.0. The van der Waals surface area contributed by atoms with Crippen molar-refractivity contribution >= 4 is 23.5 Å². The zero-order chi connectivity index (χ0) is 28.6. The molecule has 0 saturated heterocycles. The standard InChI is InChI=1S/C35H43ClO4/c1-3-5-7-9-11-13-15-28-18-22-30(23-19-28)39-35(38)32-25-24-31(26-33(32)36)40-34(37)29-20-16-27(17-21-29)14-12-10-8-6-4-2/h16-26H,3-15H2,1-2H3. The van der Waals surface area contributed by atoms with E-state index in [9.17, 15) is 9.59 Å². The van der Waals surface area contributed by atoms with Crippen LogP contribution in [0.1, 0.15) is 116 Å². The molecule has 0 aromatic heterocycles. The summed E-state index contributed by atoms with van der Waals surface area (Å²) in [6, 6.07) is 19.7. The third kappa shape index (κ3) is 10.8. The number of rotatable bonds is 17. The molecule has 3 rings (SSSR count). The second-order valence-corrected chi connectivity index (χ2v) is 10.9. The van der Waals surface area contributed by atoms with Crippen molar-refractivity contribution in [3.05, 3.63) is 94.0 Å². The summed E-state index contributed by atoms with van der Waals surface area (Å²) in [5.74, 6) is -0.294. The maximum atomic E-state index is 12.7. The topological polar surface area (TPSA) is 52.6 Å². The van der Waals surface area contributed by atoms with Gasteiger partial charge in [-0.3, -0.25) is 0 Å². The summed E-state index contributed by atoms with van der Waals surface area (Å²) in [7, 11) is 0. The highest BCUT2D eigenvalue weighted by Gasteiger charge is 2.16. The molecule has 0 unspecified atom stereocenters. The number of ether oxygens (including phenoxy) is 2. The highest BCUT2D eigenvalue weighted by atomic mass is 35.5. The molecule has 0 aliphatic carbocycles. The smallest absolute Gasteiger partial charge is 0.345 e.